The summed E-state index contributed by atoms with van der Waals surface area (Å²) < 4.78 is 25.9. The van der Waals surface area contributed by atoms with Gasteiger partial charge in [0.25, 0.3) is 0 Å². The molecule has 0 unspecified atom stereocenters. The Morgan fingerprint density at radius 3 is 2.11 bits per heavy atom. The van der Waals surface area contributed by atoms with Crippen LogP contribution in [0.25, 0.3) is 11.1 Å². The molecule has 0 atom stereocenters. The first-order valence-corrected chi connectivity index (χ1v) is 5.95. The molecule has 0 N–H and O–H groups in total. The Morgan fingerprint density at radius 1 is 1.11 bits per heavy atom. The van der Waals surface area contributed by atoms with E-state index >= 15 is 0 Å². The molecule has 1 heterocycles. The van der Waals surface area contributed by atoms with Gasteiger partial charge in [0.2, 0.25) is 0 Å². The minimum absolute atomic E-state index is 0.161. The molecule has 0 bridgehead atoms. The van der Waals surface area contributed by atoms with Crippen LogP contribution in [-0.4, -0.2) is 9.91 Å². The average molecular weight is 329 g/mol. The molecule has 0 aliphatic carbocycles. The van der Waals surface area contributed by atoms with E-state index in [4.69, 9.17) is 0 Å². The van der Waals surface area contributed by atoms with E-state index in [0.29, 0.717) is 11.1 Å². The Hall–Kier alpha value is -1.89. The van der Waals surface area contributed by atoms with Crippen molar-refractivity contribution in [3.8, 4) is 11.1 Å². The van der Waals surface area contributed by atoms with Gasteiger partial charge < -0.3 is 10.1 Å². The lowest BCUT2D eigenvalue weighted by atomic mass is 10.1. The maximum atomic E-state index is 13.0. The van der Waals surface area contributed by atoms with Crippen molar-refractivity contribution in [2.24, 2.45) is 0 Å². The summed E-state index contributed by atoms with van der Waals surface area (Å²) >= 11 is 2.27. The quantitative estimate of drug-likeness (QED) is 0.484. The molecule has 7 heteroatoms. The van der Waals surface area contributed by atoms with Gasteiger partial charge >= 0.3 is 10.6 Å². The second-order valence-electron chi connectivity index (χ2n) is 3.74. The van der Waals surface area contributed by atoms with E-state index in [2.05, 4.69) is 20.9 Å². The van der Waals surface area contributed by atoms with E-state index in [9.17, 15) is 18.9 Å². The lowest BCUT2D eigenvalue weighted by molar-refractivity contribution is -0.389. The van der Waals surface area contributed by atoms with Crippen molar-refractivity contribution in [2.45, 2.75) is 4.83 Å². The van der Waals surface area contributed by atoms with Crippen LogP contribution in [-0.2, 0) is 4.83 Å². The number of aromatic nitrogens is 1. The van der Waals surface area contributed by atoms with Gasteiger partial charge in [-0.05, 0) is 37.5 Å². The Morgan fingerprint density at radius 2 is 1.68 bits per heavy atom. The fourth-order valence-corrected chi connectivity index (χ4v) is 1.78. The zero-order valence-corrected chi connectivity index (χ0v) is 11.0. The number of alkyl halides is 3. The Kier molecular flexibility index (Phi) is 3.57. The molecule has 0 amide bonds. The first-order chi connectivity index (χ1) is 8.88. The van der Waals surface area contributed by atoms with Crippen LogP contribution in [0.3, 0.4) is 0 Å². The van der Waals surface area contributed by atoms with Gasteiger partial charge in [0.1, 0.15) is 6.20 Å². The summed E-state index contributed by atoms with van der Waals surface area (Å²) in [6.07, 6.45) is 1.33. The van der Waals surface area contributed by atoms with E-state index in [1.807, 2.05) is 0 Å². The van der Waals surface area contributed by atoms with Crippen molar-refractivity contribution in [1.82, 2.24) is 4.98 Å². The van der Waals surface area contributed by atoms with Crippen LogP contribution in [0, 0.1) is 10.1 Å². The van der Waals surface area contributed by atoms with Gasteiger partial charge in [-0.1, -0.05) is 24.3 Å². The smallest absolute Gasteiger partial charge is 0.358 e. The van der Waals surface area contributed by atoms with E-state index in [0.717, 1.165) is 0 Å². The molecule has 0 aliphatic rings. The molecule has 0 aliphatic heterocycles. The second kappa shape index (κ2) is 5.00. The van der Waals surface area contributed by atoms with Crippen molar-refractivity contribution < 1.29 is 13.7 Å². The molecule has 2 rings (SSSR count). The van der Waals surface area contributed by atoms with E-state index < -0.39 is 9.76 Å². The number of pyridine rings is 1. The zero-order chi connectivity index (χ0) is 14.0. The molecule has 2 aromatic rings. The third-order valence-electron chi connectivity index (χ3n) is 2.48. The number of hydrogen-bond donors (Lipinski definition) is 0. The number of hydrogen-bond acceptors (Lipinski definition) is 3. The number of benzene rings is 1. The zero-order valence-electron chi connectivity index (χ0n) is 9.39. The number of nitro groups is 1. The summed E-state index contributed by atoms with van der Waals surface area (Å²) in [5.41, 5.74) is 1.11. The van der Waals surface area contributed by atoms with Crippen LogP contribution in [0.5, 0.6) is 0 Å². The monoisotopic (exact) mass is 328 g/mol. The maximum absolute atomic E-state index is 13.0. The number of nitrogens with zero attached hydrogens (tertiary/aromatic N) is 2. The summed E-state index contributed by atoms with van der Waals surface area (Å²) in [4.78, 5) is 10.5. The van der Waals surface area contributed by atoms with Gasteiger partial charge in [-0.2, -0.15) is 8.78 Å². The topological polar surface area (TPSA) is 56.0 Å². The van der Waals surface area contributed by atoms with Crippen molar-refractivity contribution in [3.05, 3.63) is 58.3 Å². The predicted octanol–water partition coefficient (Wildman–Crippen LogP) is 4.10. The molecule has 0 fully saturated rings. The molecule has 0 saturated heterocycles. The first kappa shape index (κ1) is 13.5. The van der Waals surface area contributed by atoms with Crippen LogP contribution < -0.4 is 0 Å². The largest absolute Gasteiger partial charge is 0.363 e. The Bertz CT molecular complexity index is 595. The minimum atomic E-state index is -3.07. The van der Waals surface area contributed by atoms with Crippen LogP contribution in [0.2, 0.25) is 0 Å². The van der Waals surface area contributed by atoms with Gasteiger partial charge in [0.05, 0.1) is 0 Å². The molecule has 0 saturated carbocycles. The van der Waals surface area contributed by atoms with Crippen molar-refractivity contribution in [3.63, 3.8) is 0 Å². The van der Waals surface area contributed by atoms with E-state index in [-0.39, 0.29) is 11.4 Å². The minimum Gasteiger partial charge on any atom is -0.358 e. The normalized spacial score (nSPS) is 11.3. The molecule has 0 radical (unpaired) electrons. The van der Waals surface area contributed by atoms with Crippen LogP contribution in [0.15, 0.2) is 42.6 Å². The van der Waals surface area contributed by atoms with Gasteiger partial charge in [-0.3, -0.25) is 0 Å². The van der Waals surface area contributed by atoms with Crippen molar-refractivity contribution in [1.29, 1.82) is 0 Å². The molecular formula is C12H7BrF2N2O2. The lowest BCUT2D eigenvalue weighted by Crippen LogP contribution is -2.01. The summed E-state index contributed by atoms with van der Waals surface area (Å²) in [6, 6.07) is 8.37. The number of halogens is 3. The summed E-state index contributed by atoms with van der Waals surface area (Å²) in [6.45, 7) is 0. The summed E-state index contributed by atoms with van der Waals surface area (Å²) in [7, 11) is 0. The van der Waals surface area contributed by atoms with Crippen LogP contribution in [0.1, 0.15) is 5.56 Å². The van der Waals surface area contributed by atoms with Gasteiger partial charge in [0, 0.05) is 17.2 Å². The summed E-state index contributed by atoms with van der Waals surface area (Å²) in [5, 5.41) is 10.5. The standard InChI is InChI=1S/C12H7BrF2N2O2/c13-12(14,15)10-4-1-8(2-5-10)9-3-6-11(16-7-9)17(18)19/h1-7H. The highest BCUT2D eigenvalue weighted by atomic mass is 79.9. The van der Waals surface area contributed by atoms with Gasteiger partial charge in [-0.25, -0.2) is 0 Å². The fraction of sp³-hybridized carbons (Fsp3) is 0.0833. The molecule has 19 heavy (non-hydrogen) atoms. The fourth-order valence-electron chi connectivity index (χ4n) is 1.52. The molecule has 98 valence electrons. The lowest BCUT2D eigenvalue weighted by Gasteiger charge is -2.08. The third-order valence-corrected chi connectivity index (χ3v) is 2.94. The summed E-state index contributed by atoms with van der Waals surface area (Å²) in [5.74, 6) is -0.257. The Labute approximate surface area is 115 Å². The molecule has 1 aromatic carbocycles. The van der Waals surface area contributed by atoms with E-state index in [1.54, 1.807) is 0 Å². The van der Waals surface area contributed by atoms with Gasteiger partial charge in [-0.15, -0.1) is 0 Å². The Balaban J connectivity index is 2.30. The highest BCUT2D eigenvalue weighted by Gasteiger charge is 2.26. The highest BCUT2D eigenvalue weighted by molar-refractivity contribution is 9.09. The predicted molar refractivity (Wildman–Crippen MR) is 69.1 cm³/mol. The number of rotatable bonds is 3. The highest BCUT2D eigenvalue weighted by Crippen LogP contribution is 2.35. The molecular weight excluding hydrogens is 322 g/mol. The molecule has 1 aromatic heterocycles. The third kappa shape index (κ3) is 3.11. The van der Waals surface area contributed by atoms with Crippen molar-refractivity contribution >= 4 is 21.7 Å². The molecule has 0 spiro atoms. The molecule has 4 nitrogen and oxygen atoms in total. The SMILES string of the molecule is O=[N+]([O-])c1ccc(-c2ccc(C(F)(F)Br)cc2)cn1. The van der Waals surface area contributed by atoms with Crippen LogP contribution in [0.4, 0.5) is 14.6 Å². The first-order valence-electron chi connectivity index (χ1n) is 5.16. The van der Waals surface area contributed by atoms with Gasteiger partial charge in [0.15, 0.2) is 0 Å². The maximum Gasteiger partial charge on any atom is 0.363 e. The van der Waals surface area contributed by atoms with Crippen LogP contribution >= 0.6 is 15.9 Å². The average Bonchev–Trinajstić information content (AvgIpc) is 2.38. The van der Waals surface area contributed by atoms with Crippen molar-refractivity contribution in [2.75, 3.05) is 0 Å². The second-order valence-corrected chi connectivity index (χ2v) is 4.73. The van der Waals surface area contributed by atoms with E-state index in [1.165, 1.54) is 42.6 Å².